The van der Waals surface area contributed by atoms with E-state index in [1.807, 2.05) is 0 Å². The standard InChI is InChI=1S/C35H39Cl2N5O6.ClH/c36-23-19-22(20-24(37)21-23)32(46)41-29(34(48)42-17-14-35(15-18-42)12-1-2-13-35)8-10-30(43)39-28(9-11-31(44)45)33(47)40-27-7-3-6-26-25(27)5-4-16-38-26;/h3-7,16,19-21,28-29H,1-2,8-15,17-18H2,(H,39,43)(H,40,47)(H,41,46)(H,44,45);1H/t28-,29?;/m0./s1. The number of carboxylic acids is 1. The van der Waals surface area contributed by atoms with Gasteiger partial charge in [0.2, 0.25) is 17.7 Å². The lowest BCUT2D eigenvalue weighted by Gasteiger charge is -2.40. The Morgan fingerprint density at radius 2 is 1.53 bits per heavy atom. The lowest BCUT2D eigenvalue weighted by Crippen LogP contribution is -2.52. The third-order valence-corrected chi connectivity index (χ3v) is 9.83. The van der Waals surface area contributed by atoms with Crippen molar-refractivity contribution in [2.24, 2.45) is 5.41 Å². The molecule has 4 amide bonds. The molecule has 14 heteroatoms. The molecule has 1 saturated heterocycles. The second kappa shape index (κ2) is 17.1. The van der Waals surface area contributed by atoms with Crippen molar-refractivity contribution >= 4 is 81.8 Å². The number of carbonyl (C=O) groups is 5. The number of nitrogens with one attached hydrogen (secondary N) is 3. The van der Waals surface area contributed by atoms with E-state index in [0.29, 0.717) is 29.7 Å². The molecule has 1 aromatic heterocycles. The number of carboxylic acid groups (broad SMARTS) is 1. The van der Waals surface area contributed by atoms with Crippen LogP contribution in [0.1, 0.15) is 74.6 Å². The molecule has 2 fully saturated rings. The number of aliphatic carboxylic acids is 1. The van der Waals surface area contributed by atoms with E-state index in [4.69, 9.17) is 23.2 Å². The number of likely N-dealkylation sites (tertiary alicyclic amines) is 1. The molecule has 2 heterocycles. The maximum absolute atomic E-state index is 13.8. The van der Waals surface area contributed by atoms with Crippen molar-refractivity contribution in [3.63, 3.8) is 0 Å². The van der Waals surface area contributed by atoms with E-state index in [1.54, 1.807) is 41.4 Å². The summed E-state index contributed by atoms with van der Waals surface area (Å²) in [6, 6.07) is 10.9. The van der Waals surface area contributed by atoms with Crippen LogP contribution >= 0.6 is 35.6 Å². The summed E-state index contributed by atoms with van der Waals surface area (Å²) < 4.78 is 0. The maximum Gasteiger partial charge on any atom is 0.303 e. The average Bonchev–Trinajstić information content (AvgIpc) is 3.52. The van der Waals surface area contributed by atoms with Gasteiger partial charge in [0, 0.05) is 53.1 Å². The normalized spacial score (nSPS) is 16.3. The molecule has 0 bridgehead atoms. The van der Waals surface area contributed by atoms with Crippen LogP contribution in [-0.2, 0) is 19.2 Å². The van der Waals surface area contributed by atoms with Crippen molar-refractivity contribution in [2.45, 2.75) is 76.3 Å². The van der Waals surface area contributed by atoms with Crippen LogP contribution in [-0.4, -0.2) is 69.8 Å². The topological polar surface area (TPSA) is 158 Å². The molecule has 2 aliphatic rings. The van der Waals surface area contributed by atoms with Crippen molar-refractivity contribution in [3.05, 3.63) is 70.3 Å². The zero-order valence-electron chi connectivity index (χ0n) is 26.9. The van der Waals surface area contributed by atoms with Gasteiger partial charge in [0.25, 0.3) is 5.91 Å². The molecule has 1 saturated carbocycles. The van der Waals surface area contributed by atoms with Gasteiger partial charge in [-0.2, -0.15) is 0 Å². The average molecular weight is 733 g/mol. The monoisotopic (exact) mass is 731 g/mol. The highest BCUT2D eigenvalue weighted by Gasteiger charge is 2.39. The molecule has 2 atom stereocenters. The van der Waals surface area contributed by atoms with Gasteiger partial charge in [0.1, 0.15) is 12.1 Å². The largest absolute Gasteiger partial charge is 0.481 e. The minimum absolute atomic E-state index is 0. The number of piperidine rings is 1. The quantitative estimate of drug-likeness (QED) is 0.178. The number of anilines is 1. The Balaban J connectivity index is 0.00000541. The summed E-state index contributed by atoms with van der Waals surface area (Å²) in [5.74, 6) is -3.13. The summed E-state index contributed by atoms with van der Waals surface area (Å²) in [7, 11) is 0. The Labute approximate surface area is 300 Å². The van der Waals surface area contributed by atoms with Gasteiger partial charge in [-0.15, -0.1) is 12.4 Å². The van der Waals surface area contributed by atoms with E-state index in [-0.39, 0.29) is 65.0 Å². The van der Waals surface area contributed by atoms with E-state index in [9.17, 15) is 29.1 Å². The first-order valence-electron chi connectivity index (χ1n) is 16.2. The number of amides is 4. The highest BCUT2D eigenvalue weighted by molar-refractivity contribution is 6.35. The molecule has 3 aromatic rings. The van der Waals surface area contributed by atoms with Gasteiger partial charge in [-0.3, -0.25) is 29.0 Å². The molecule has 0 radical (unpaired) electrons. The van der Waals surface area contributed by atoms with Gasteiger partial charge >= 0.3 is 5.97 Å². The number of hydrogen-bond acceptors (Lipinski definition) is 6. The molecular formula is C35H40Cl3N5O6. The molecule has 5 rings (SSSR count). The van der Waals surface area contributed by atoms with E-state index in [1.165, 1.54) is 43.9 Å². The lowest BCUT2D eigenvalue weighted by molar-refractivity contribution is -0.138. The number of hydrogen-bond donors (Lipinski definition) is 4. The molecule has 2 aromatic carbocycles. The van der Waals surface area contributed by atoms with Crippen molar-refractivity contribution in [1.29, 1.82) is 0 Å². The van der Waals surface area contributed by atoms with Crippen LogP contribution in [0.2, 0.25) is 10.0 Å². The van der Waals surface area contributed by atoms with E-state index >= 15 is 0 Å². The molecule has 4 N–H and O–H groups in total. The molecule has 1 spiro atoms. The molecular weight excluding hydrogens is 693 g/mol. The van der Waals surface area contributed by atoms with Crippen LogP contribution in [0.3, 0.4) is 0 Å². The smallest absolute Gasteiger partial charge is 0.303 e. The number of rotatable bonds is 12. The first kappa shape index (κ1) is 37.9. The number of aromatic nitrogens is 1. The van der Waals surface area contributed by atoms with Gasteiger partial charge in [0.15, 0.2) is 0 Å². The van der Waals surface area contributed by atoms with Crippen LogP contribution in [0, 0.1) is 5.41 Å². The minimum atomic E-state index is -1.16. The van der Waals surface area contributed by atoms with Crippen LogP contribution in [0.15, 0.2) is 54.7 Å². The van der Waals surface area contributed by atoms with E-state index < -0.39 is 35.8 Å². The van der Waals surface area contributed by atoms with Crippen LogP contribution in [0.5, 0.6) is 0 Å². The van der Waals surface area contributed by atoms with Crippen molar-refractivity contribution < 1.29 is 29.1 Å². The van der Waals surface area contributed by atoms with Crippen molar-refractivity contribution in [2.75, 3.05) is 18.4 Å². The Bertz CT molecular complexity index is 1660. The second-order valence-electron chi connectivity index (χ2n) is 12.7. The predicted molar refractivity (Wildman–Crippen MR) is 190 cm³/mol. The predicted octanol–water partition coefficient (Wildman–Crippen LogP) is 6.01. The Morgan fingerprint density at radius 1 is 0.857 bits per heavy atom. The molecule has 1 aliphatic heterocycles. The number of pyridine rings is 1. The van der Waals surface area contributed by atoms with Gasteiger partial charge in [-0.05, 0) is 86.4 Å². The number of nitrogens with zero attached hydrogens (tertiary/aromatic N) is 2. The highest BCUT2D eigenvalue weighted by atomic mass is 35.5. The molecule has 11 nitrogen and oxygen atoms in total. The van der Waals surface area contributed by atoms with Crippen LogP contribution in [0.4, 0.5) is 5.69 Å². The van der Waals surface area contributed by atoms with Gasteiger partial charge in [-0.1, -0.05) is 42.1 Å². The summed E-state index contributed by atoms with van der Waals surface area (Å²) in [6.07, 6.45) is 7.40. The van der Waals surface area contributed by atoms with E-state index in [2.05, 4.69) is 20.9 Å². The summed E-state index contributed by atoms with van der Waals surface area (Å²) in [5, 5.41) is 18.7. The lowest BCUT2D eigenvalue weighted by atomic mass is 9.77. The molecule has 49 heavy (non-hydrogen) atoms. The third-order valence-electron chi connectivity index (χ3n) is 9.39. The van der Waals surface area contributed by atoms with Gasteiger partial charge < -0.3 is 26.0 Å². The zero-order chi connectivity index (χ0) is 34.3. The fourth-order valence-corrected chi connectivity index (χ4v) is 7.27. The summed E-state index contributed by atoms with van der Waals surface area (Å²) in [5.41, 5.74) is 1.58. The molecule has 262 valence electrons. The second-order valence-corrected chi connectivity index (χ2v) is 13.5. The Kier molecular flexibility index (Phi) is 13.2. The number of carbonyl (C=O) groups excluding carboxylic acids is 4. The number of fused-ring (bicyclic) bond motifs is 1. The fourth-order valence-electron chi connectivity index (χ4n) is 6.74. The van der Waals surface area contributed by atoms with Crippen molar-refractivity contribution in [3.8, 4) is 0 Å². The number of benzene rings is 2. The zero-order valence-corrected chi connectivity index (χ0v) is 29.2. The van der Waals surface area contributed by atoms with Gasteiger partial charge in [-0.25, -0.2) is 0 Å². The molecule has 1 unspecified atom stereocenters. The first-order chi connectivity index (χ1) is 23.0. The van der Waals surface area contributed by atoms with Crippen LogP contribution < -0.4 is 16.0 Å². The van der Waals surface area contributed by atoms with E-state index in [0.717, 1.165) is 12.8 Å². The Hall–Kier alpha value is -3.93. The SMILES string of the molecule is Cl.O=C(O)CC[C@H](NC(=O)CCC(NC(=O)c1cc(Cl)cc(Cl)c1)C(=O)N1CCC2(CCCC2)CC1)C(=O)Nc1cccc2ncccc12. The first-order valence-corrected chi connectivity index (χ1v) is 17.0. The van der Waals surface area contributed by atoms with Gasteiger partial charge in [0.05, 0.1) is 11.2 Å². The highest BCUT2D eigenvalue weighted by Crippen LogP contribution is 2.46. The minimum Gasteiger partial charge on any atom is -0.481 e. The third kappa shape index (κ3) is 10.1. The Morgan fingerprint density at radius 3 is 2.20 bits per heavy atom. The fraction of sp³-hybridized carbons (Fsp3) is 0.429. The summed E-state index contributed by atoms with van der Waals surface area (Å²) in [6.45, 7) is 1.14. The number of halogens is 3. The van der Waals surface area contributed by atoms with Crippen molar-refractivity contribution in [1.82, 2.24) is 20.5 Å². The summed E-state index contributed by atoms with van der Waals surface area (Å²) in [4.78, 5) is 71.1. The summed E-state index contributed by atoms with van der Waals surface area (Å²) >= 11 is 12.2. The van der Waals surface area contributed by atoms with Crippen LogP contribution in [0.25, 0.3) is 10.9 Å². The molecule has 1 aliphatic carbocycles. The maximum atomic E-state index is 13.8.